The maximum Gasteiger partial charge on any atom is 0.271 e. The van der Waals surface area contributed by atoms with E-state index < -0.39 is 0 Å². The van der Waals surface area contributed by atoms with Crippen molar-refractivity contribution in [1.29, 1.82) is 0 Å². The highest BCUT2D eigenvalue weighted by molar-refractivity contribution is 5.98. The van der Waals surface area contributed by atoms with Crippen molar-refractivity contribution in [2.75, 3.05) is 7.05 Å². The Kier molecular flexibility index (Phi) is 2.15. The van der Waals surface area contributed by atoms with Crippen molar-refractivity contribution in [3.05, 3.63) is 29.6 Å². The second-order valence-electron chi connectivity index (χ2n) is 3.36. The molecule has 0 unspecified atom stereocenters. The third-order valence-corrected chi connectivity index (χ3v) is 2.51. The minimum absolute atomic E-state index is 0.192. The molecule has 1 amide bonds. The summed E-state index contributed by atoms with van der Waals surface area (Å²) in [5.74, 6) is -0.192. The Labute approximate surface area is 87.2 Å². The van der Waals surface area contributed by atoms with Crippen LogP contribution in [-0.4, -0.2) is 27.3 Å². The molecule has 0 aliphatic heterocycles. The fourth-order valence-electron chi connectivity index (χ4n) is 1.47. The number of carbonyl (C=O) groups is 1. The summed E-state index contributed by atoms with van der Waals surface area (Å²) in [6, 6.07) is 0. The van der Waals surface area contributed by atoms with Crippen LogP contribution >= 0.6 is 0 Å². The lowest BCUT2D eigenvalue weighted by Gasteiger charge is -2.03. The summed E-state index contributed by atoms with van der Waals surface area (Å²) in [7, 11) is 1.59. The van der Waals surface area contributed by atoms with Crippen LogP contribution < -0.4 is 5.32 Å². The average Bonchev–Trinajstić information content (AvgIpc) is 2.66. The molecule has 5 nitrogen and oxygen atoms in total. The first-order valence-corrected chi connectivity index (χ1v) is 4.66. The summed E-state index contributed by atoms with van der Waals surface area (Å²) in [6.07, 6.45) is 3.31. The van der Waals surface area contributed by atoms with Crippen molar-refractivity contribution >= 4 is 11.4 Å². The molecule has 0 saturated carbocycles. The van der Waals surface area contributed by atoms with Gasteiger partial charge in [-0.1, -0.05) is 0 Å². The van der Waals surface area contributed by atoms with Crippen LogP contribution in [0.3, 0.4) is 0 Å². The summed E-state index contributed by atoms with van der Waals surface area (Å²) < 4.78 is 1.87. The molecule has 15 heavy (non-hydrogen) atoms. The Bertz CT molecular complexity index is 529. The normalized spacial score (nSPS) is 10.6. The summed E-state index contributed by atoms with van der Waals surface area (Å²) in [5.41, 5.74) is 3.07. The van der Waals surface area contributed by atoms with Gasteiger partial charge in [-0.3, -0.25) is 14.2 Å². The van der Waals surface area contributed by atoms with E-state index in [2.05, 4.69) is 15.3 Å². The van der Waals surface area contributed by atoms with E-state index in [1.807, 2.05) is 18.2 Å². The van der Waals surface area contributed by atoms with Gasteiger partial charge in [0.1, 0.15) is 6.33 Å². The van der Waals surface area contributed by atoms with Gasteiger partial charge in [-0.2, -0.15) is 0 Å². The van der Waals surface area contributed by atoms with Gasteiger partial charge in [0, 0.05) is 12.7 Å². The predicted octanol–water partition coefficient (Wildman–Crippen LogP) is 0.706. The van der Waals surface area contributed by atoms with Crippen LogP contribution in [0.25, 0.3) is 5.52 Å². The molecule has 1 N–H and O–H groups in total. The number of fused-ring (bicyclic) bond motifs is 1. The zero-order valence-electron chi connectivity index (χ0n) is 8.90. The summed E-state index contributed by atoms with van der Waals surface area (Å²) in [5, 5.41) is 2.55. The Balaban J connectivity index is 2.72. The summed E-state index contributed by atoms with van der Waals surface area (Å²) in [6.45, 7) is 3.87. The molecule has 2 aromatic heterocycles. The van der Waals surface area contributed by atoms with Gasteiger partial charge in [-0.25, -0.2) is 4.98 Å². The lowest BCUT2D eigenvalue weighted by molar-refractivity contribution is 0.0960. The number of aryl methyl sites for hydroxylation is 2. The lowest BCUT2D eigenvalue weighted by Crippen LogP contribution is -2.18. The zero-order valence-corrected chi connectivity index (χ0v) is 8.90. The van der Waals surface area contributed by atoms with E-state index in [9.17, 15) is 4.79 Å². The third kappa shape index (κ3) is 1.36. The van der Waals surface area contributed by atoms with E-state index >= 15 is 0 Å². The monoisotopic (exact) mass is 204 g/mol. The minimum Gasteiger partial charge on any atom is -0.354 e. The second-order valence-corrected chi connectivity index (χ2v) is 3.36. The topological polar surface area (TPSA) is 59.3 Å². The first kappa shape index (κ1) is 9.64. The molecule has 0 spiro atoms. The van der Waals surface area contributed by atoms with Gasteiger partial charge in [0.15, 0.2) is 5.69 Å². The first-order valence-electron chi connectivity index (χ1n) is 4.66. The van der Waals surface area contributed by atoms with E-state index in [1.54, 1.807) is 19.6 Å². The third-order valence-electron chi connectivity index (χ3n) is 2.51. The number of imidazole rings is 1. The molecule has 2 rings (SSSR count). The van der Waals surface area contributed by atoms with Gasteiger partial charge in [-0.05, 0) is 13.8 Å². The van der Waals surface area contributed by atoms with E-state index in [1.165, 1.54) is 0 Å². The lowest BCUT2D eigenvalue weighted by atomic mass is 10.3. The molecule has 0 saturated heterocycles. The van der Waals surface area contributed by atoms with Gasteiger partial charge < -0.3 is 5.32 Å². The molecular formula is C10H12N4O. The highest BCUT2D eigenvalue weighted by Gasteiger charge is 2.13. The van der Waals surface area contributed by atoms with Crippen LogP contribution in [0, 0.1) is 13.8 Å². The van der Waals surface area contributed by atoms with Gasteiger partial charge in [0.25, 0.3) is 5.91 Å². The number of carbonyl (C=O) groups excluding carboxylic acids is 1. The zero-order chi connectivity index (χ0) is 11.0. The SMILES string of the molecule is CNC(=O)c1ncn2c(C)c(C)ncc12. The Morgan fingerprint density at radius 2 is 2.13 bits per heavy atom. The number of hydrogen-bond acceptors (Lipinski definition) is 3. The summed E-state index contributed by atoms with van der Waals surface area (Å²) >= 11 is 0. The average molecular weight is 204 g/mol. The molecule has 2 aromatic rings. The van der Waals surface area contributed by atoms with Crippen molar-refractivity contribution in [3.8, 4) is 0 Å². The molecule has 5 heteroatoms. The van der Waals surface area contributed by atoms with E-state index in [0.717, 1.165) is 16.9 Å². The van der Waals surface area contributed by atoms with Gasteiger partial charge in [0.2, 0.25) is 0 Å². The molecule has 2 heterocycles. The van der Waals surface area contributed by atoms with Crippen molar-refractivity contribution in [2.45, 2.75) is 13.8 Å². The number of amides is 1. The van der Waals surface area contributed by atoms with Gasteiger partial charge in [0.05, 0.1) is 17.4 Å². The molecule has 0 atom stereocenters. The standard InChI is InChI=1S/C10H12N4O/c1-6-7(2)14-5-13-9(10(15)11-3)8(14)4-12-6/h4-5H,1-3H3,(H,11,15). The number of rotatable bonds is 1. The van der Waals surface area contributed by atoms with E-state index in [-0.39, 0.29) is 5.91 Å². The quantitative estimate of drug-likeness (QED) is 0.744. The van der Waals surface area contributed by atoms with Crippen LogP contribution in [0.5, 0.6) is 0 Å². The van der Waals surface area contributed by atoms with Gasteiger partial charge >= 0.3 is 0 Å². The first-order chi connectivity index (χ1) is 7.15. The number of nitrogens with zero attached hydrogens (tertiary/aromatic N) is 3. The fourth-order valence-corrected chi connectivity index (χ4v) is 1.47. The molecule has 0 radical (unpaired) electrons. The molecule has 78 valence electrons. The molecular weight excluding hydrogens is 192 g/mol. The van der Waals surface area contributed by atoms with Crippen molar-refractivity contribution in [1.82, 2.24) is 19.7 Å². The number of aromatic nitrogens is 3. The van der Waals surface area contributed by atoms with Crippen molar-refractivity contribution in [2.24, 2.45) is 0 Å². The maximum atomic E-state index is 11.5. The van der Waals surface area contributed by atoms with Crippen molar-refractivity contribution in [3.63, 3.8) is 0 Å². The molecule has 0 aliphatic rings. The fraction of sp³-hybridized carbons (Fsp3) is 0.300. The molecule has 0 fully saturated rings. The number of nitrogens with one attached hydrogen (secondary N) is 1. The van der Waals surface area contributed by atoms with E-state index in [4.69, 9.17) is 0 Å². The van der Waals surface area contributed by atoms with Crippen LogP contribution in [-0.2, 0) is 0 Å². The van der Waals surface area contributed by atoms with Crippen molar-refractivity contribution < 1.29 is 4.79 Å². The van der Waals surface area contributed by atoms with Crippen LogP contribution in [0.2, 0.25) is 0 Å². The molecule has 0 bridgehead atoms. The Morgan fingerprint density at radius 3 is 2.80 bits per heavy atom. The van der Waals surface area contributed by atoms with Crippen LogP contribution in [0.1, 0.15) is 21.9 Å². The highest BCUT2D eigenvalue weighted by Crippen LogP contribution is 2.12. The highest BCUT2D eigenvalue weighted by atomic mass is 16.1. The number of hydrogen-bond donors (Lipinski definition) is 1. The summed E-state index contributed by atoms with van der Waals surface area (Å²) in [4.78, 5) is 19.8. The van der Waals surface area contributed by atoms with Crippen LogP contribution in [0.4, 0.5) is 0 Å². The van der Waals surface area contributed by atoms with Crippen LogP contribution in [0.15, 0.2) is 12.5 Å². The molecule has 0 aromatic carbocycles. The molecule has 0 aliphatic carbocycles. The van der Waals surface area contributed by atoms with Gasteiger partial charge in [-0.15, -0.1) is 0 Å². The predicted molar refractivity (Wildman–Crippen MR) is 55.9 cm³/mol. The Morgan fingerprint density at radius 1 is 1.40 bits per heavy atom. The van der Waals surface area contributed by atoms with E-state index in [0.29, 0.717) is 5.69 Å². The minimum atomic E-state index is -0.192. The Hall–Kier alpha value is -1.91. The smallest absolute Gasteiger partial charge is 0.271 e. The maximum absolute atomic E-state index is 11.5. The largest absolute Gasteiger partial charge is 0.354 e. The second kappa shape index (κ2) is 3.34.